The molecule has 0 aliphatic carbocycles. The van der Waals surface area contributed by atoms with Crippen LogP contribution in [0.2, 0.25) is 5.02 Å². The van der Waals surface area contributed by atoms with Crippen LogP contribution in [0, 0.1) is 5.82 Å². The van der Waals surface area contributed by atoms with Crippen LogP contribution in [0.15, 0.2) is 24.3 Å². The summed E-state index contributed by atoms with van der Waals surface area (Å²) in [6, 6.07) is 4.63. The van der Waals surface area contributed by atoms with E-state index in [0.29, 0.717) is 10.6 Å². The Balaban J connectivity index is 3.00. The largest absolute Gasteiger partial charge is 0.206 e. The Morgan fingerprint density at radius 2 is 2.23 bits per heavy atom. The van der Waals surface area contributed by atoms with Gasteiger partial charge in [0.2, 0.25) is 0 Å². The molecule has 3 heteroatoms. The van der Waals surface area contributed by atoms with Gasteiger partial charge in [-0.2, -0.15) is 12.6 Å². The number of rotatable bonds is 2. The number of hydrogen-bond acceptors (Lipinski definition) is 1. The lowest BCUT2D eigenvalue weighted by atomic mass is 10.2. The fraction of sp³-hybridized carbons (Fsp3) is 0.200. The van der Waals surface area contributed by atoms with Crippen LogP contribution < -0.4 is 0 Å². The summed E-state index contributed by atoms with van der Waals surface area (Å²) in [4.78, 5) is 0. The summed E-state index contributed by atoms with van der Waals surface area (Å²) >= 11 is 9.94. The van der Waals surface area contributed by atoms with E-state index in [-0.39, 0.29) is 11.1 Å². The van der Waals surface area contributed by atoms with Gasteiger partial charge in [0.1, 0.15) is 5.82 Å². The highest BCUT2D eigenvalue weighted by Gasteiger charge is 2.02. The van der Waals surface area contributed by atoms with E-state index in [1.807, 2.05) is 6.92 Å². The molecule has 0 N–H and O–H groups in total. The number of benzene rings is 1. The molecule has 0 aliphatic rings. The van der Waals surface area contributed by atoms with Crippen LogP contribution in [-0.2, 0) is 0 Å². The Bertz CT molecular complexity index is 300. The molecule has 0 amide bonds. The van der Waals surface area contributed by atoms with Crippen molar-refractivity contribution in [2.45, 2.75) is 12.2 Å². The van der Waals surface area contributed by atoms with E-state index in [9.17, 15) is 4.39 Å². The van der Waals surface area contributed by atoms with Gasteiger partial charge in [-0.25, -0.2) is 4.39 Å². The predicted molar refractivity (Wildman–Crippen MR) is 58.9 cm³/mol. The molecule has 1 rings (SSSR count). The Kier molecular flexibility index (Phi) is 3.82. The number of hydrogen-bond donors (Lipinski definition) is 1. The van der Waals surface area contributed by atoms with Crippen molar-refractivity contribution in [1.82, 2.24) is 0 Å². The molecular formula is C10H10ClFS. The zero-order valence-electron chi connectivity index (χ0n) is 7.17. The van der Waals surface area contributed by atoms with E-state index in [1.54, 1.807) is 24.3 Å². The van der Waals surface area contributed by atoms with Gasteiger partial charge < -0.3 is 0 Å². The second-order valence-electron chi connectivity index (χ2n) is 2.74. The second kappa shape index (κ2) is 4.68. The molecule has 0 heterocycles. The highest BCUT2D eigenvalue weighted by atomic mass is 35.5. The smallest absolute Gasteiger partial charge is 0.131 e. The first-order valence-corrected chi connectivity index (χ1v) is 4.81. The summed E-state index contributed by atoms with van der Waals surface area (Å²) in [6.45, 7) is 1.90. The van der Waals surface area contributed by atoms with Gasteiger partial charge in [-0.15, -0.1) is 0 Å². The SMILES string of the molecule is CC(S)/C=C/c1c(F)cccc1Cl. The van der Waals surface area contributed by atoms with Crippen molar-refractivity contribution >= 4 is 30.3 Å². The molecule has 0 saturated carbocycles. The van der Waals surface area contributed by atoms with Crippen LogP contribution in [0.1, 0.15) is 12.5 Å². The van der Waals surface area contributed by atoms with Gasteiger partial charge in [-0.3, -0.25) is 0 Å². The molecule has 0 nitrogen and oxygen atoms in total. The van der Waals surface area contributed by atoms with E-state index in [0.717, 1.165) is 0 Å². The molecule has 0 bridgehead atoms. The topological polar surface area (TPSA) is 0 Å². The van der Waals surface area contributed by atoms with E-state index >= 15 is 0 Å². The van der Waals surface area contributed by atoms with Gasteiger partial charge in [0.05, 0.1) is 5.02 Å². The van der Waals surface area contributed by atoms with Crippen molar-refractivity contribution in [1.29, 1.82) is 0 Å². The van der Waals surface area contributed by atoms with Crippen molar-refractivity contribution in [2.75, 3.05) is 0 Å². The maximum atomic E-state index is 13.1. The van der Waals surface area contributed by atoms with Gasteiger partial charge in [0, 0.05) is 10.8 Å². The van der Waals surface area contributed by atoms with Gasteiger partial charge in [0.25, 0.3) is 0 Å². The summed E-state index contributed by atoms with van der Waals surface area (Å²) < 4.78 is 13.1. The molecule has 0 aromatic heterocycles. The predicted octanol–water partition coefficient (Wildman–Crippen LogP) is 3.81. The van der Waals surface area contributed by atoms with Crippen LogP contribution in [0.3, 0.4) is 0 Å². The molecule has 0 saturated heterocycles. The fourth-order valence-corrected chi connectivity index (χ4v) is 1.22. The lowest BCUT2D eigenvalue weighted by molar-refractivity contribution is 0.625. The minimum absolute atomic E-state index is 0.0932. The Morgan fingerprint density at radius 3 is 2.77 bits per heavy atom. The Morgan fingerprint density at radius 1 is 1.54 bits per heavy atom. The molecule has 1 unspecified atom stereocenters. The molecule has 0 spiro atoms. The van der Waals surface area contributed by atoms with Crippen molar-refractivity contribution in [3.63, 3.8) is 0 Å². The number of thiol groups is 1. The zero-order chi connectivity index (χ0) is 9.84. The standard InChI is InChI=1S/C10H10ClFS/c1-7(13)5-6-8-9(11)3-2-4-10(8)12/h2-7,13H,1H3/b6-5+. The quantitative estimate of drug-likeness (QED) is 0.715. The molecule has 0 fully saturated rings. The second-order valence-corrected chi connectivity index (χ2v) is 3.96. The van der Waals surface area contributed by atoms with Gasteiger partial charge in [0.15, 0.2) is 0 Å². The molecular weight excluding hydrogens is 207 g/mol. The zero-order valence-corrected chi connectivity index (χ0v) is 8.82. The average molecular weight is 217 g/mol. The lowest BCUT2D eigenvalue weighted by Crippen LogP contribution is -1.85. The van der Waals surface area contributed by atoms with Gasteiger partial charge in [-0.05, 0) is 19.1 Å². The van der Waals surface area contributed by atoms with Crippen LogP contribution in [0.5, 0.6) is 0 Å². The highest BCUT2D eigenvalue weighted by Crippen LogP contribution is 2.20. The molecule has 0 aliphatic heterocycles. The minimum atomic E-state index is -0.308. The Labute approximate surface area is 87.8 Å². The van der Waals surface area contributed by atoms with Crippen molar-refractivity contribution in [3.8, 4) is 0 Å². The molecule has 13 heavy (non-hydrogen) atoms. The maximum Gasteiger partial charge on any atom is 0.131 e. The normalized spacial score (nSPS) is 13.5. The monoisotopic (exact) mass is 216 g/mol. The Hall–Kier alpha value is -0.470. The molecule has 1 aromatic carbocycles. The summed E-state index contributed by atoms with van der Waals surface area (Å²) in [5, 5.41) is 0.515. The lowest BCUT2D eigenvalue weighted by Gasteiger charge is -2.00. The number of halogens is 2. The van der Waals surface area contributed by atoms with Gasteiger partial charge >= 0.3 is 0 Å². The first-order chi connectivity index (χ1) is 6.11. The molecule has 1 aromatic rings. The van der Waals surface area contributed by atoms with Crippen LogP contribution >= 0.6 is 24.2 Å². The summed E-state index contributed by atoms with van der Waals surface area (Å²) in [6.07, 6.45) is 3.43. The molecule has 0 radical (unpaired) electrons. The maximum absolute atomic E-state index is 13.1. The van der Waals surface area contributed by atoms with E-state index in [1.165, 1.54) is 6.07 Å². The van der Waals surface area contributed by atoms with Crippen molar-refractivity contribution < 1.29 is 4.39 Å². The molecule has 70 valence electrons. The minimum Gasteiger partial charge on any atom is -0.206 e. The van der Waals surface area contributed by atoms with E-state index in [4.69, 9.17) is 11.6 Å². The summed E-state index contributed by atoms with van der Waals surface area (Å²) in [5.74, 6) is -0.308. The first-order valence-electron chi connectivity index (χ1n) is 3.91. The average Bonchev–Trinajstić information content (AvgIpc) is 2.03. The third kappa shape index (κ3) is 3.05. The van der Waals surface area contributed by atoms with Crippen LogP contribution in [-0.4, -0.2) is 5.25 Å². The van der Waals surface area contributed by atoms with Gasteiger partial charge in [-0.1, -0.05) is 29.8 Å². The summed E-state index contributed by atoms with van der Waals surface area (Å²) in [5.41, 5.74) is 0.421. The van der Waals surface area contributed by atoms with Crippen molar-refractivity contribution in [2.24, 2.45) is 0 Å². The first kappa shape index (κ1) is 10.6. The van der Waals surface area contributed by atoms with E-state index in [2.05, 4.69) is 12.6 Å². The summed E-state index contributed by atoms with van der Waals surface area (Å²) in [7, 11) is 0. The third-order valence-electron chi connectivity index (χ3n) is 1.54. The van der Waals surface area contributed by atoms with Crippen LogP contribution in [0.4, 0.5) is 4.39 Å². The fourth-order valence-electron chi connectivity index (χ4n) is 0.905. The van der Waals surface area contributed by atoms with Crippen LogP contribution in [0.25, 0.3) is 6.08 Å². The van der Waals surface area contributed by atoms with Crippen molar-refractivity contribution in [3.05, 3.63) is 40.7 Å². The van der Waals surface area contributed by atoms with E-state index < -0.39 is 0 Å². The molecule has 1 atom stereocenters. The highest BCUT2D eigenvalue weighted by molar-refractivity contribution is 7.81. The third-order valence-corrected chi connectivity index (χ3v) is 2.04.